The number of rotatable bonds is 2. The van der Waals surface area contributed by atoms with Gasteiger partial charge in [-0.15, -0.1) is 0 Å². The molecular weight excluding hydrogens is 282 g/mol. The lowest BCUT2D eigenvalue weighted by molar-refractivity contribution is 0.131. The van der Waals surface area contributed by atoms with Crippen molar-refractivity contribution in [3.63, 3.8) is 0 Å². The molecule has 17 heavy (non-hydrogen) atoms. The molecule has 1 N–H and O–H groups in total. The quantitative estimate of drug-likeness (QED) is 0.902. The van der Waals surface area contributed by atoms with Gasteiger partial charge in [0.15, 0.2) is 0 Å². The molecule has 0 saturated heterocycles. The van der Waals surface area contributed by atoms with E-state index in [1.807, 2.05) is 45.9 Å². The second-order valence-electron chi connectivity index (χ2n) is 5.03. The normalized spacial score (nSPS) is 11.1. The maximum absolute atomic E-state index is 11.4. The highest BCUT2D eigenvalue weighted by molar-refractivity contribution is 9.10. The summed E-state index contributed by atoms with van der Waals surface area (Å²) in [6.07, 6.45) is -0.394. The number of benzene rings is 1. The summed E-state index contributed by atoms with van der Waals surface area (Å²) >= 11 is 3.45. The van der Waals surface area contributed by atoms with Crippen LogP contribution in [0.4, 0.5) is 4.79 Å². The van der Waals surface area contributed by atoms with Crippen LogP contribution in [-0.2, 0) is 11.3 Å². The Balaban J connectivity index is 2.50. The van der Waals surface area contributed by atoms with Crippen LogP contribution in [0.1, 0.15) is 31.9 Å². The van der Waals surface area contributed by atoms with E-state index in [-0.39, 0.29) is 12.1 Å². The predicted molar refractivity (Wildman–Crippen MR) is 72.0 cm³/mol. The highest BCUT2D eigenvalue weighted by atomic mass is 79.9. The van der Waals surface area contributed by atoms with Crippen LogP contribution in [0.5, 0.6) is 0 Å². The summed E-state index contributed by atoms with van der Waals surface area (Å²) < 4.78 is 6.15. The fourth-order valence-corrected chi connectivity index (χ4v) is 1.64. The first-order valence-corrected chi connectivity index (χ1v) is 6.27. The molecule has 0 radical (unpaired) electrons. The second kappa shape index (κ2) is 5.54. The number of amides is 1. The van der Waals surface area contributed by atoms with Gasteiger partial charge in [-0.1, -0.05) is 28.1 Å². The van der Waals surface area contributed by atoms with Crippen LogP contribution in [0.2, 0.25) is 0 Å². The Morgan fingerprint density at radius 2 is 2.06 bits per heavy atom. The third-order valence-corrected chi connectivity index (χ3v) is 2.94. The molecule has 0 unspecified atom stereocenters. The van der Waals surface area contributed by atoms with Crippen LogP contribution >= 0.6 is 15.9 Å². The molecule has 1 aromatic carbocycles. The van der Waals surface area contributed by atoms with Gasteiger partial charge in [0.05, 0.1) is 0 Å². The van der Waals surface area contributed by atoms with E-state index in [1.54, 1.807) is 0 Å². The van der Waals surface area contributed by atoms with Crippen molar-refractivity contribution >= 4 is 22.0 Å². The standard InChI is InChI=1S/C13H18BrNO2/c1-9-5-6-10(7-11(9)14)8-17-12(16)15-13(2,3)4/h5-7H,8H2,1-4H3,(H,15,16). The number of hydrogen-bond donors (Lipinski definition) is 1. The first-order valence-electron chi connectivity index (χ1n) is 5.48. The van der Waals surface area contributed by atoms with E-state index in [1.165, 1.54) is 0 Å². The SMILES string of the molecule is Cc1ccc(COC(=O)NC(C)(C)C)cc1Br. The van der Waals surface area contributed by atoms with Gasteiger partial charge in [-0.3, -0.25) is 0 Å². The minimum Gasteiger partial charge on any atom is -0.445 e. The van der Waals surface area contributed by atoms with E-state index in [0.29, 0.717) is 0 Å². The lowest BCUT2D eigenvalue weighted by Gasteiger charge is -2.20. The van der Waals surface area contributed by atoms with E-state index in [9.17, 15) is 4.79 Å². The number of halogens is 1. The van der Waals surface area contributed by atoms with Crippen molar-refractivity contribution in [2.24, 2.45) is 0 Å². The maximum Gasteiger partial charge on any atom is 0.407 e. The third-order valence-electron chi connectivity index (χ3n) is 2.08. The molecule has 1 rings (SSSR count). The Morgan fingerprint density at radius 3 is 2.59 bits per heavy atom. The molecule has 0 aliphatic carbocycles. The Bertz CT molecular complexity index is 410. The molecule has 0 aliphatic heterocycles. The molecule has 0 saturated carbocycles. The molecule has 94 valence electrons. The van der Waals surface area contributed by atoms with Crippen molar-refractivity contribution in [3.05, 3.63) is 33.8 Å². The van der Waals surface area contributed by atoms with Crippen molar-refractivity contribution in [3.8, 4) is 0 Å². The smallest absolute Gasteiger partial charge is 0.407 e. The largest absolute Gasteiger partial charge is 0.445 e. The number of carbonyl (C=O) groups excluding carboxylic acids is 1. The second-order valence-corrected chi connectivity index (χ2v) is 5.89. The first-order chi connectivity index (χ1) is 7.78. The summed E-state index contributed by atoms with van der Waals surface area (Å²) in [6.45, 7) is 8.03. The molecule has 0 aliphatic rings. The number of aryl methyl sites for hydroxylation is 1. The summed E-state index contributed by atoms with van der Waals surface area (Å²) in [4.78, 5) is 11.4. The zero-order chi connectivity index (χ0) is 13.1. The van der Waals surface area contributed by atoms with Crippen molar-refractivity contribution in [1.82, 2.24) is 5.32 Å². The van der Waals surface area contributed by atoms with Gasteiger partial charge in [0.25, 0.3) is 0 Å². The van der Waals surface area contributed by atoms with E-state index in [4.69, 9.17) is 4.74 Å². The number of hydrogen-bond acceptors (Lipinski definition) is 2. The molecule has 1 aromatic rings. The molecule has 1 amide bonds. The average Bonchev–Trinajstić information content (AvgIpc) is 2.17. The van der Waals surface area contributed by atoms with Gasteiger partial charge in [0, 0.05) is 10.0 Å². The van der Waals surface area contributed by atoms with Crippen LogP contribution in [-0.4, -0.2) is 11.6 Å². The van der Waals surface area contributed by atoms with Crippen LogP contribution in [0.25, 0.3) is 0 Å². The average molecular weight is 300 g/mol. The molecule has 4 heteroatoms. The molecule has 0 bridgehead atoms. The monoisotopic (exact) mass is 299 g/mol. The fraction of sp³-hybridized carbons (Fsp3) is 0.462. The Kier molecular flexibility index (Phi) is 4.57. The fourth-order valence-electron chi connectivity index (χ4n) is 1.22. The molecule has 0 heterocycles. The van der Waals surface area contributed by atoms with E-state index in [0.717, 1.165) is 15.6 Å². The number of alkyl carbamates (subject to hydrolysis) is 1. The third kappa shape index (κ3) is 5.22. The van der Waals surface area contributed by atoms with E-state index >= 15 is 0 Å². The summed E-state index contributed by atoms with van der Waals surface area (Å²) in [5.41, 5.74) is 1.85. The van der Waals surface area contributed by atoms with Gasteiger partial charge < -0.3 is 10.1 Å². The highest BCUT2D eigenvalue weighted by Crippen LogP contribution is 2.18. The van der Waals surface area contributed by atoms with Crippen molar-refractivity contribution in [1.29, 1.82) is 0 Å². The van der Waals surface area contributed by atoms with E-state index in [2.05, 4.69) is 21.2 Å². The maximum atomic E-state index is 11.4. The van der Waals surface area contributed by atoms with Crippen LogP contribution in [0, 0.1) is 6.92 Å². The first kappa shape index (κ1) is 14.0. The van der Waals surface area contributed by atoms with Crippen molar-refractivity contribution in [2.75, 3.05) is 0 Å². The highest BCUT2D eigenvalue weighted by Gasteiger charge is 2.14. The van der Waals surface area contributed by atoms with Crippen molar-refractivity contribution in [2.45, 2.75) is 39.8 Å². The zero-order valence-corrected chi connectivity index (χ0v) is 12.2. The topological polar surface area (TPSA) is 38.3 Å². The Hall–Kier alpha value is -1.03. The van der Waals surface area contributed by atoms with E-state index < -0.39 is 6.09 Å². The molecule has 0 aromatic heterocycles. The molecule has 0 spiro atoms. The molecule has 0 atom stereocenters. The van der Waals surface area contributed by atoms with Gasteiger partial charge in [0.1, 0.15) is 6.61 Å². The van der Waals surface area contributed by atoms with Gasteiger partial charge in [-0.05, 0) is 44.9 Å². The number of carbonyl (C=O) groups is 1. The minimum atomic E-state index is -0.394. The van der Waals surface area contributed by atoms with Gasteiger partial charge in [-0.25, -0.2) is 4.79 Å². The summed E-state index contributed by atoms with van der Waals surface area (Å²) in [5.74, 6) is 0. The summed E-state index contributed by atoms with van der Waals surface area (Å²) in [7, 11) is 0. The molecule has 0 fully saturated rings. The molecular formula is C13H18BrNO2. The Morgan fingerprint density at radius 1 is 1.41 bits per heavy atom. The van der Waals surface area contributed by atoms with Gasteiger partial charge in [0.2, 0.25) is 0 Å². The summed E-state index contributed by atoms with van der Waals surface area (Å²) in [6, 6.07) is 5.90. The minimum absolute atomic E-state index is 0.273. The van der Waals surface area contributed by atoms with Crippen molar-refractivity contribution < 1.29 is 9.53 Å². The molecule has 3 nitrogen and oxygen atoms in total. The van der Waals surface area contributed by atoms with Crippen LogP contribution in [0.3, 0.4) is 0 Å². The number of ether oxygens (including phenoxy) is 1. The zero-order valence-electron chi connectivity index (χ0n) is 10.6. The summed E-state index contributed by atoms with van der Waals surface area (Å²) in [5, 5.41) is 2.74. The number of nitrogens with one attached hydrogen (secondary N) is 1. The van der Waals surface area contributed by atoms with Gasteiger partial charge in [-0.2, -0.15) is 0 Å². The Labute approximate surface area is 111 Å². The lowest BCUT2D eigenvalue weighted by atomic mass is 10.1. The lowest BCUT2D eigenvalue weighted by Crippen LogP contribution is -2.40. The van der Waals surface area contributed by atoms with Gasteiger partial charge >= 0.3 is 6.09 Å². The van der Waals surface area contributed by atoms with Crippen LogP contribution < -0.4 is 5.32 Å². The predicted octanol–water partition coefficient (Wildman–Crippen LogP) is 3.78. The van der Waals surface area contributed by atoms with Crippen LogP contribution in [0.15, 0.2) is 22.7 Å².